The fourth-order valence-electron chi connectivity index (χ4n) is 3.63. The van der Waals surface area contributed by atoms with Gasteiger partial charge < -0.3 is 4.57 Å². The first-order chi connectivity index (χ1) is 12.6. The van der Waals surface area contributed by atoms with Crippen molar-refractivity contribution in [1.82, 2.24) is 8.94 Å². The minimum atomic E-state index is -0.447. The maximum atomic E-state index is 14.9. The lowest BCUT2D eigenvalue weighted by molar-refractivity contribution is 0.632. The van der Waals surface area contributed by atoms with Crippen LogP contribution in [-0.2, 0) is 0 Å². The van der Waals surface area contributed by atoms with E-state index in [2.05, 4.69) is 4.37 Å². The van der Waals surface area contributed by atoms with Crippen LogP contribution in [0.2, 0.25) is 0 Å². The Balaban J connectivity index is 1.96. The van der Waals surface area contributed by atoms with Crippen LogP contribution in [0.15, 0.2) is 46.0 Å². The van der Waals surface area contributed by atoms with Gasteiger partial charge in [-0.05, 0) is 54.6 Å². The molecule has 1 N–H and O–H groups in total. The molecule has 2 heterocycles. The van der Waals surface area contributed by atoms with Gasteiger partial charge in [0.05, 0.1) is 5.52 Å². The van der Waals surface area contributed by atoms with E-state index in [-0.39, 0.29) is 16.8 Å². The maximum Gasteiger partial charge on any atom is 0.271 e. The van der Waals surface area contributed by atoms with Crippen molar-refractivity contribution in [1.29, 1.82) is 0 Å². The first-order valence-electron chi connectivity index (χ1n) is 8.51. The molecule has 1 saturated carbocycles. The highest BCUT2D eigenvalue weighted by molar-refractivity contribution is 7.12. The number of nitrogens with one attached hydrogen (secondary N) is 1. The molecule has 2 aromatic heterocycles. The molecule has 26 heavy (non-hydrogen) atoms. The standard InChI is InChI=1S/C20H15FN2O2S/c1-10-4-2-3-5-12(10)13-9-16-14(8-15(13)21)18(24)17-19(25)22-26-20(17)23(16)11-6-7-11/h2-5,8-9,11H,6-7H2,1H3,(H,22,25). The van der Waals surface area contributed by atoms with E-state index in [0.29, 0.717) is 15.9 Å². The van der Waals surface area contributed by atoms with E-state index in [9.17, 15) is 14.0 Å². The van der Waals surface area contributed by atoms with Gasteiger partial charge in [-0.3, -0.25) is 14.0 Å². The third-order valence-corrected chi connectivity index (χ3v) is 5.95. The first-order valence-corrected chi connectivity index (χ1v) is 9.33. The lowest BCUT2D eigenvalue weighted by Crippen LogP contribution is -2.15. The molecule has 0 unspecified atom stereocenters. The fraction of sp³-hybridized carbons (Fsp3) is 0.200. The number of hydrogen-bond acceptors (Lipinski definition) is 3. The summed E-state index contributed by atoms with van der Waals surface area (Å²) >= 11 is 1.18. The lowest BCUT2D eigenvalue weighted by atomic mass is 9.98. The smallest absolute Gasteiger partial charge is 0.271 e. The molecular formula is C20H15FN2O2S. The van der Waals surface area contributed by atoms with Crippen molar-refractivity contribution < 1.29 is 4.39 Å². The van der Waals surface area contributed by atoms with Gasteiger partial charge in [-0.15, -0.1) is 0 Å². The summed E-state index contributed by atoms with van der Waals surface area (Å²) in [6.45, 7) is 1.94. The molecule has 1 aliphatic rings. The molecule has 0 atom stereocenters. The second kappa shape index (κ2) is 5.38. The Morgan fingerprint density at radius 3 is 2.65 bits per heavy atom. The molecule has 4 nitrogen and oxygen atoms in total. The first kappa shape index (κ1) is 15.5. The summed E-state index contributed by atoms with van der Waals surface area (Å²) < 4.78 is 19.6. The fourth-order valence-corrected chi connectivity index (χ4v) is 4.55. The topological polar surface area (TPSA) is 54.9 Å². The summed E-state index contributed by atoms with van der Waals surface area (Å²) in [7, 11) is 0. The number of hydrogen-bond donors (Lipinski definition) is 1. The minimum absolute atomic E-state index is 0.137. The molecule has 0 radical (unpaired) electrons. The van der Waals surface area contributed by atoms with Gasteiger partial charge in [-0.1, -0.05) is 24.3 Å². The van der Waals surface area contributed by atoms with E-state index in [1.54, 1.807) is 6.07 Å². The Morgan fingerprint density at radius 2 is 1.92 bits per heavy atom. The quantitative estimate of drug-likeness (QED) is 0.573. The molecule has 1 fully saturated rings. The Kier molecular flexibility index (Phi) is 3.21. The van der Waals surface area contributed by atoms with Crippen LogP contribution in [0.4, 0.5) is 4.39 Å². The van der Waals surface area contributed by atoms with Crippen molar-refractivity contribution >= 4 is 32.7 Å². The van der Waals surface area contributed by atoms with Gasteiger partial charge in [0.1, 0.15) is 16.0 Å². The van der Waals surface area contributed by atoms with Crippen molar-refractivity contribution in [3.63, 3.8) is 0 Å². The summed E-state index contributed by atoms with van der Waals surface area (Å²) in [4.78, 5) is 25.6. The summed E-state index contributed by atoms with van der Waals surface area (Å²) in [5.41, 5.74) is 2.16. The zero-order valence-electron chi connectivity index (χ0n) is 14.0. The predicted molar refractivity (Wildman–Crippen MR) is 103 cm³/mol. The Morgan fingerprint density at radius 1 is 1.15 bits per heavy atom. The molecular weight excluding hydrogens is 351 g/mol. The average molecular weight is 366 g/mol. The van der Waals surface area contributed by atoms with Gasteiger partial charge in [-0.2, -0.15) is 0 Å². The normalized spacial score (nSPS) is 14.4. The van der Waals surface area contributed by atoms with Crippen molar-refractivity contribution in [2.24, 2.45) is 0 Å². The van der Waals surface area contributed by atoms with Crippen LogP contribution < -0.4 is 11.0 Å². The molecule has 0 spiro atoms. The number of benzene rings is 2. The van der Waals surface area contributed by atoms with Gasteiger partial charge in [0.15, 0.2) is 0 Å². The van der Waals surface area contributed by atoms with E-state index in [4.69, 9.17) is 0 Å². The van der Waals surface area contributed by atoms with Gasteiger partial charge in [0, 0.05) is 17.0 Å². The average Bonchev–Trinajstić information content (AvgIpc) is 3.38. The van der Waals surface area contributed by atoms with Crippen LogP contribution in [0.5, 0.6) is 0 Å². The van der Waals surface area contributed by atoms with Crippen LogP contribution in [0.3, 0.4) is 0 Å². The molecule has 1 aliphatic carbocycles. The van der Waals surface area contributed by atoms with Gasteiger partial charge in [0.2, 0.25) is 5.43 Å². The van der Waals surface area contributed by atoms with Crippen LogP contribution in [0, 0.1) is 12.7 Å². The summed E-state index contributed by atoms with van der Waals surface area (Å²) in [6, 6.07) is 10.9. The second-order valence-corrected chi connectivity index (χ2v) is 7.60. The number of nitrogens with zero attached hydrogens (tertiary/aromatic N) is 1. The lowest BCUT2D eigenvalue weighted by Gasteiger charge is -2.14. The highest BCUT2D eigenvalue weighted by atomic mass is 32.1. The highest BCUT2D eigenvalue weighted by Crippen LogP contribution is 2.41. The number of fused-ring (bicyclic) bond motifs is 2. The molecule has 0 saturated heterocycles. The predicted octanol–water partition coefficient (Wildman–Crippen LogP) is 4.35. The Hall–Kier alpha value is -2.73. The molecule has 0 bridgehead atoms. The summed E-state index contributed by atoms with van der Waals surface area (Å²) in [6.07, 6.45) is 1.99. The molecule has 130 valence electrons. The van der Waals surface area contributed by atoms with Gasteiger partial charge >= 0.3 is 0 Å². The SMILES string of the molecule is Cc1ccccc1-c1cc2c(cc1F)c(=O)c1c(=O)[nH]sc1n2C1CC1. The summed E-state index contributed by atoms with van der Waals surface area (Å²) in [5.74, 6) is -0.447. The molecule has 4 aromatic rings. The van der Waals surface area contributed by atoms with Crippen LogP contribution in [0.25, 0.3) is 32.2 Å². The molecule has 5 rings (SSSR count). The zero-order valence-corrected chi connectivity index (χ0v) is 14.8. The van der Waals surface area contributed by atoms with Crippen molar-refractivity contribution in [3.05, 3.63) is 68.4 Å². The van der Waals surface area contributed by atoms with Crippen molar-refractivity contribution in [2.75, 3.05) is 0 Å². The molecule has 6 heteroatoms. The highest BCUT2D eigenvalue weighted by Gasteiger charge is 2.29. The molecule has 0 amide bonds. The number of halogens is 1. The second-order valence-electron chi connectivity index (χ2n) is 6.81. The Labute approximate surface area is 151 Å². The number of H-pyrrole nitrogens is 1. The largest absolute Gasteiger partial charge is 0.328 e. The maximum absolute atomic E-state index is 14.9. The number of aryl methyl sites for hydroxylation is 1. The third-order valence-electron chi connectivity index (χ3n) is 5.06. The van der Waals surface area contributed by atoms with Crippen molar-refractivity contribution in [2.45, 2.75) is 25.8 Å². The summed E-state index contributed by atoms with van der Waals surface area (Å²) in [5, 5.41) is 0.403. The number of aromatic amines is 1. The monoisotopic (exact) mass is 366 g/mol. The molecule has 2 aromatic carbocycles. The van der Waals surface area contributed by atoms with Crippen molar-refractivity contribution in [3.8, 4) is 11.1 Å². The number of aromatic nitrogens is 2. The van der Waals surface area contributed by atoms with E-state index >= 15 is 0 Å². The minimum Gasteiger partial charge on any atom is -0.328 e. The number of rotatable bonds is 2. The number of pyridine rings is 1. The van der Waals surface area contributed by atoms with Crippen LogP contribution >= 0.6 is 11.5 Å². The van der Waals surface area contributed by atoms with E-state index in [0.717, 1.165) is 24.0 Å². The van der Waals surface area contributed by atoms with Gasteiger partial charge in [-0.25, -0.2) is 4.39 Å². The van der Waals surface area contributed by atoms with E-state index in [1.807, 2.05) is 35.8 Å². The third kappa shape index (κ3) is 2.12. The Bertz CT molecular complexity index is 1310. The molecule has 0 aliphatic heterocycles. The van der Waals surface area contributed by atoms with E-state index < -0.39 is 16.8 Å². The van der Waals surface area contributed by atoms with Gasteiger partial charge in [0.25, 0.3) is 5.56 Å². The zero-order chi connectivity index (χ0) is 18.0. The van der Waals surface area contributed by atoms with Crippen LogP contribution in [0.1, 0.15) is 24.4 Å². The van der Waals surface area contributed by atoms with E-state index in [1.165, 1.54) is 17.6 Å². The van der Waals surface area contributed by atoms with Crippen LogP contribution in [-0.4, -0.2) is 8.94 Å².